The summed E-state index contributed by atoms with van der Waals surface area (Å²) in [5, 5.41) is 5.50. The third kappa shape index (κ3) is 1.90. The first-order valence-corrected chi connectivity index (χ1v) is 6.43. The van der Waals surface area contributed by atoms with Crippen molar-refractivity contribution in [1.82, 2.24) is 15.5 Å². The van der Waals surface area contributed by atoms with Crippen molar-refractivity contribution in [3.63, 3.8) is 0 Å². The standard InChI is InChI=1S/C12H17N3O3/c16-9-6-15(7-10(17)14-9)11(18)8-5-12(8)1-3-13-4-2-12/h8,13H,1-7H2,(H,14,16,17). The van der Waals surface area contributed by atoms with E-state index < -0.39 is 0 Å². The predicted molar refractivity (Wildman–Crippen MR) is 62.4 cm³/mol. The van der Waals surface area contributed by atoms with E-state index in [4.69, 9.17) is 0 Å². The minimum absolute atomic E-state index is 0.0138. The molecule has 0 aromatic rings. The van der Waals surface area contributed by atoms with Gasteiger partial charge in [-0.3, -0.25) is 19.7 Å². The van der Waals surface area contributed by atoms with Crippen molar-refractivity contribution in [2.45, 2.75) is 19.3 Å². The first-order valence-electron chi connectivity index (χ1n) is 6.43. The number of imide groups is 1. The van der Waals surface area contributed by atoms with Crippen molar-refractivity contribution in [2.75, 3.05) is 26.2 Å². The minimum atomic E-state index is -0.375. The van der Waals surface area contributed by atoms with Gasteiger partial charge in [-0.05, 0) is 37.8 Å². The number of piperazine rings is 1. The molecule has 1 unspecified atom stereocenters. The van der Waals surface area contributed by atoms with Crippen LogP contribution in [0.15, 0.2) is 0 Å². The maximum Gasteiger partial charge on any atom is 0.246 e. The number of nitrogens with zero attached hydrogens (tertiary/aromatic N) is 1. The summed E-state index contributed by atoms with van der Waals surface area (Å²) >= 11 is 0. The SMILES string of the molecule is O=C1CN(C(=O)C2CC23CCNCC3)CC(=O)N1. The summed E-state index contributed by atoms with van der Waals surface area (Å²) in [6.07, 6.45) is 2.97. The summed E-state index contributed by atoms with van der Waals surface area (Å²) < 4.78 is 0. The average molecular weight is 251 g/mol. The summed E-state index contributed by atoms with van der Waals surface area (Å²) in [5.41, 5.74) is 0.152. The quantitative estimate of drug-likeness (QED) is 0.578. The number of amides is 3. The Morgan fingerprint density at radius 1 is 1.17 bits per heavy atom. The van der Waals surface area contributed by atoms with E-state index >= 15 is 0 Å². The van der Waals surface area contributed by atoms with Gasteiger partial charge >= 0.3 is 0 Å². The zero-order valence-corrected chi connectivity index (χ0v) is 10.2. The lowest BCUT2D eigenvalue weighted by Crippen LogP contribution is -2.54. The van der Waals surface area contributed by atoms with Gasteiger partial charge in [0.25, 0.3) is 0 Å². The van der Waals surface area contributed by atoms with Gasteiger partial charge in [0, 0.05) is 5.92 Å². The second-order valence-electron chi connectivity index (χ2n) is 5.53. The maximum atomic E-state index is 12.3. The molecule has 3 fully saturated rings. The topological polar surface area (TPSA) is 78.5 Å². The lowest BCUT2D eigenvalue weighted by molar-refractivity contribution is -0.146. The summed E-state index contributed by atoms with van der Waals surface area (Å²) in [6.45, 7) is 1.97. The molecule has 2 saturated heterocycles. The van der Waals surface area contributed by atoms with E-state index in [-0.39, 0.29) is 42.1 Å². The predicted octanol–water partition coefficient (Wildman–Crippen LogP) is -1.14. The number of piperidine rings is 1. The number of carbonyl (C=O) groups is 3. The Bertz CT molecular complexity index is 399. The molecule has 2 aliphatic heterocycles. The zero-order chi connectivity index (χ0) is 12.8. The van der Waals surface area contributed by atoms with Gasteiger partial charge in [-0.15, -0.1) is 0 Å². The molecular formula is C12H17N3O3. The summed E-state index contributed by atoms with van der Waals surface area (Å²) in [5.74, 6) is -0.738. The average Bonchev–Trinajstić information content (AvgIpc) is 3.01. The first kappa shape index (κ1) is 11.6. The zero-order valence-electron chi connectivity index (χ0n) is 10.2. The molecule has 0 aromatic heterocycles. The van der Waals surface area contributed by atoms with Gasteiger partial charge in [0.2, 0.25) is 17.7 Å². The number of rotatable bonds is 1. The summed E-state index contributed by atoms with van der Waals surface area (Å²) in [6, 6.07) is 0. The number of carbonyl (C=O) groups excluding carboxylic acids is 3. The van der Waals surface area contributed by atoms with Crippen LogP contribution in [0.5, 0.6) is 0 Å². The van der Waals surface area contributed by atoms with Crippen LogP contribution in [0.2, 0.25) is 0 Å². The van der Waals surface area contributed by atoms with E-state index in [9.17, 15) is 14.4 Å². The van der Waals surface area contributed by atoms with E-state index in [1.54, 1.807) is 0 Å². The highest BCUT2D eigenvalue weighted by molar-refractivity contribution is 6.03. The van der Waals surface area contributed by atoms with Crippen molar-refractivity contribution < 1.29 is 14.4 Å². The molecule has 6 heteroatoms. The molecule has 3 rings (SSSR count). The molecule has 2 heterocycles. The van der Waals surface area contributed by atoms with Crippen LogP contribution in [0.25, 0.3) is 0 Å². The van der Waals surface area contributed by atoms with Gasteiger partial charge in [0.05, 0.1) is 0 Å². The van der Waals surface area contributed by atoms with Gasteiger partial charge in [-0.2, -0.15) is 0 Å². The molecule has 98 valence electrons. The molecule has 0 radical (unpaired) electrons. The smallest absolute Gasteiger partial charge is 0.246 e. The Labute approximate surface area is 105 Å². The van der Waals surface area contributed by atoms with Crippen LogP contribution in [-0.2, 0) is 14.4 Å². The second kappa shape index (κ2) is 4.05. The number of nitrogens with one attached hydrogen (secondary N) is 2. The minimum Gasteiger partial charge on any atom is -0.324 e. The molecular weight excluding hydrogens is 234 g/mol. The van der Waals surface area contributed by atoms with Crippen LogP contribution in [0.3, 0.4) is 0 Å². The molecule has 0 aromatic carbocycles. The molecule has 1 saturated carbocycles. The Kier molecular flexibility index (Phi) is 2.62. The Hall–Kier alpha value is -1.43. The third-order valence-corrected chi connectivity index (χ3v) is 4.35. The second-order valence-corrected chi connectivity index (χ2v) is 5.53. The number of hydrogen-bond donors (Lipinski definition) is 2. The summed E-state index contributed by atoms with van der Waals surface area (Å²) in [7, 11) is 0. The molecule has 3 aliphatic rings. The van der Waals surface area contributed by atoms with E-state index in [2.05, 4.69) is 10.6 Å². The summed E-state index contributed by atoms with van der Waals surface area (Å²) in [4.78, 5) is 36.2. The lowest BCUT2D eigenvalue weighted by Gasteiger charge is -2.28. The fourth-order valence-electron chi connectivity index (χ4n) is 3.19. The van der Waals surface area contributed by atoms with Crippen LogP contribution in [0.4, 0.5) is 0 Å². The molecule has 6 nitrogen and oxygen atoms in total. The maximum absolute atomic E-state index is 12.3. The van der Waals surface area contributed by atoms with E-state index in [0.717, 1.165) is 32.4 Å². The Morgan fingerprint density at radius 3 is 2.39 bits per heavy atom. The van der Waals surface area contributed by atoms with Gasteiger partial charge in [-0.1, -0.05) is 0 Å². The Morgan fingerprint density at radius 2 is 1.78 bits per heavy atom. The van der Waals surface area contributed by atoms with Gasteiger partial charge in [0.15, 0.2) is 0 Å². The van der Waals surface area contributed by atoms with E-state index in [1.165, 1.54) is 4.90 Å². The first-order chi connectivity index (χ1) is 8.61. The van der Waals surface area contributed by atoms with Gasteiger partial charge in [0.1, 0.15) is 13.1 Å². The van der Waals surface area contributed by atoms with Crippen molar-refractivity contribution >= 4 is 17.7 Å². The molecule has 2 N–H and O–H groups in total. The Balaban J connectivity index is 1.65. The van der Waals surface area contributed by atoms with E-state index in [1.807, 2.05) is 0 Å². The monoisotopic (exact) mass is 251 g/mol. The fraction of sp³-hybridized carbons (Fsp3) is 0.750. The van der Waals surface area contributed by atoms with Crippen LogP contribution in [0.1, 0.15) is 19.3 Å². The normalized spacial score (nSPS) is 30.2. The molecule has 1 atom stereocenters. The highest BCUT2D eigenvalue weighted by atomic mass is 16.2. The van der Waals surface area contributed by atoms with Gasteiger partial charge < -0.3 is 10.2 Å². The highest BCUT2D eigenvalue weighted by Gasteiger charge is 2.58. The van der Waals surface area contributed by atoms with Crippen LogP contribution < -0.4 is 10.6 Å². The van der Waals surface area contributed by atoms with Crippen molar-refractivity contribution in [3.8, 4) is 0 Å². The molecule has 0 bridgehead atoms. The molecule has 1 aliphatic carbocycles. The van der Waals surface area contributed by atoms with Crippen molar-refractivity contribution in [1.29, 1.82) is 0 Å². The lowest BCUT2D eigenvalue weighted by atomic mass is 9.91. The van der Waals surface area contributed by atoms with Crippen LogP contribution in [-0.4, -0.2) is 48.8 Å². The number of hydrogen-bond acceptors (Lipinski definition) is 4. The van der Waals surface area contributed by atoms with Crippen LogP contribution in [0, 0.1) is 11.3 Å². The molecule has 18 heavy (non-hydrogen) atoms. The molecule has 3 amide bonds. The van der Waals surface area contributed by atoms with Crippen LogP contribution >= 0.6 is 0 Å². The van der Waals surface area contributed by atoms with Crippen molar-refractivity contribution in [2.24, 2.45) is 11.3 Å². The van der Waals surface area contributed by atoms with Gasteiger partial charge in [-0.25, -0.2) is 0 Å². The third-order valence-electron chi connectivity index (χ3n) is 4.35. The van der Waals surface area contributed by atoms with E-state index in [0.29, 0.717) is 0 Å². The molecule has 1 spiro atoms. The highest BCUT2D eigenvalue weighted by Crippen LogP contribution is 2.59. The van der Waals surface area contributed by atoms with Crippen molar-refractivity contribution in [3.05, 3.63) is 0 Å². The largest absolute Gasteiger partial charge is 0.324 e. The fourth-order valence-corrected chi connectivity index (χ4v) is 3.19.